The Bertz CT molecular complexity index is 1060. The fourth-order valence-electron chi connectivity index (χ4n) is 7.07. The number of phenols is 1. The average molecular weight is 491 g/mol. The summed E-state index contributed by atoms with van der Waals surface area (Å²) in [5.41, 5.74) is 0.390. The summed E-state index contributed by atoms with van der Waals surface area (Å²) in [6.45, 7) is 1.88. The number of aliphatic hydroxyl groups is 1. The van der Waals surface area contributed by atoms with E-state index in [9.17, 15) is 19.8 Å². The molecule has 5 aliphatic rings. The highest BCUT2D eigenvalue weighted by atomic mass is 35.5. The highest BCUT2D eigenvalue weighted by Crippen LogP contribution is 2.65. The van der Waals surface area contributed by atoms with Crippen LogP contribution < -0.4 is 10.1 Å². The highest BCUT2D eigenvalue weighted by molar-refractivity contribution is 5.94. The summed E-state index contributed by atoms with van der Waals surface area (Å²) >= 11 is 0. The third kappa shape index (κ3) is 3.18. The van der Waals surface area contributed by atoms with Crippen LogP contribution in [0.2, 0.25) is 0 Å². The molecule has 9 heteroatoms. The van der Waals surface area contributed by atoms with E-state index in [0.717, 1.165) is 48.7 Å². The molecule has 2 aliphatic heterocycles. The Labute approximate surface area is 204 Å². The van der Waals surface area contributed by atoms with Crippen LogP contribution in [0.25, 0.3) is 0 Å². The average Bonchev–Trinajstić information content (AvgIpc) is 3.54. The first-order valence-corrected chi connectivity index (χ1v) is 11.9. The van der Waals surface area contributed by atoms with Gasteiger partial charge in [-0.3, -0.25) is 9.69 Å². The van der Waals surface area contributed by atoms with Crippen LogP contribution in [-0.2, 0) is 26.2 Å². The number of carbonyl (C=O) groups is 2. The Balaban J connectivity index is 0.00000241. The molecule has 6 rings (SSSR count). The molecule has 0 radical (unpaired) electrons. The number of nitrogens with one attached hydrogen (secondary N) is 1. The first-order valence-electron chi connectivity index (χ1n) is 11.9. The van der Waals surface area contributed by atoms with Crippen LogP contribution in [0.5, 0.6) is 11.5 Å². The number of ether oxygens (including phenoxy) is 2. The number of carbonyl (C=O) groups excluding carboxylic acids is 2. The molecule has 2 bridgehead atoms. The number of rotatable bonds is 5. The van der Waals surface area contributed by atoms with Crippen molar-refractivity contribution in [2.75, 3.05) is 20.2 Å². The van der Waals surface area contributed by atoms with E-state index in [1.807, 2.05) is 6.07 Å². The second-order valence-corrected chi connectivity index (χ2v) is 10.3. The van der Waals surface area contributed by atoms with Crippen LogP contribution >= 0.6 is 12.4 Å². The number of likely N-dealkylation sites (tertiary alicyclic amines) is 1. The molecule has 1 aromatic rings. The van der Waals surface area contributed by atoms with E-state index in [-0.39, 0.29) is 30.2 Å². The Hall–Kier alpha value is -2.29. The molecule has 1 aromatic carbocycles. The van der Waals surface area contributed by atoms with Gasteiger partial charge in [0.15, 0.2) is 11.5 Å². The van der Waals surface area contributed by atoms with Gasteiger partial charge in [0.05, 0.1) is 24.2 Å². The first-order chi connectivity index (χ1) is 15.9. The minimum atomic E-state index is -0.986. The number of amides is 1. The number of hydrogen-bond donors (Lipinski definition) is 3. The zero-order chi connectivity index (χ0) is 23.0. The minimum absolute atomic E-state index is 0. The lowest BCUT2D eigenvalue weighted by molar-refractivity contribution is -0.192. The molecule has 8 nitrogen and oxygen atoms in total. The van der Waals surface area contributed by atoms with E-state index in [4.69, 9.17) is 4.74 Å². The summed E-state index contributed by atoms with van der Waals surface area (Å²) < 4.78 is 11.0. The van der Waals surface area contributed by atoms with Gasteiger partial charge in [-0.25, -0.2) is 4.79 Å². The van der Waals surface area contributed by atoms with Gasteiger partial charge in [-0.05, 0) is 62.6 Å². The third-order valence-electron chi connectivity index (χ3n) is 8.66. The predicted octanol–water partition coefficient (Wildman–Crippen LogP) is 1.59. The highest BCUT2D eigenvalue weighted by Gasteiger charge is 2.73. The van der Waals surface area contributed by atoms with Gasteiger partial charge in [0.1, 0.15) is 6.10 Å². The maximum absolute atomic E-state index is 12.6. The molecular weight excluding hydrogens is 460 g/mol. The summed E-state index contributed by atoms with van der Waals surface area (Å²) in [7, 11) is 1.26. The smallest absolute Gasteiger partial charge is 0.330 e. The van der Waals surface area contributed by atoms with Crippen molar-refractivity contribution in [2.45, 2.75) is 67.7 Å². The Morgan fingerprint density at radius 3 is 2.79 bits per heavy atom. The molecular formula is C25H31ClN2O6. The summed E-state index contributed by atoms with van der Waals surface area (Å²) in [5.74, 6) is 0.256. The zero-order valence-electron chi connectivity index (χ0n) is 19.2. The molecule has 2 heterocycles. The molecule has 3 fully saturated rings. The number of halogens is 1. The fraction of sp³-hybridized carbons (Fsp3) is 0.600. The van der Waals surface area contributed by atoms with E-state index in [0.29, 0.717) is 25.0 Å². The van der Waals surface area contributed by atoms with Crippen molar-refractivity contribution in [3.05, 3.63) is 35.4 Å². The summed E-state index contributed by atoms with van der Waals surface area (Å²) in [6, 6.07) is 3.29. The van der Waals surface area contributed by atoms with Crippen LogP contribution in [0.4, 0.5) is 0 Å². The molecule has 5 atom stereocenters. The molecule has 3 N–H and O–H groups in total. The third-order valence-corrected chi connectivity index (χ3v) is 8.66. The normalized spacial score (nSPS) is 35.2. The monoisotopic (exact) mass is 490 g/mol. The number of aromatic hydroxyl groups is 1. The van der Waals surface area contributed by atoms with Gasteiger partial charge in [0, 0.05) is 30.3 Å². The predicted molar refractivity (Wildman–Crippen MR) is 125 cm³/mol. The van der Waals surface area contributed by atoms with Crippen molar-refractivity contribution in [1.82, 2.24) is 10.2 Å². The van der Waals surface area contributed by atoms with E-state index < -0.39 is 29.0 Å². The van der Waals surface area contributed by atoms with Gasteiger partial charge in [0.2, 0.25) is 5.91 Å². The molecule has 2 saturated carbocycles. The zero-order valence-corrected chi connectivity index (χ0v) is 20.0. The minimum Gasteiger partial charge on any atom is -0.504 e. The number of methoxy groups -OCH3 is 1. The van der Waals surface area contributed by atoms with E-state index in [1.54, 1.807) is 6.07 Å². The van der Waals surface area contributed by atoms with Crippen molar-refractivity contribution in [3.8, 4) is 11.5 Å². The number of piperidine rings is 1. The van der Waals surface area contributed by atoms with Crippen molar-refractivity contribution < 1.29 is 29.3 Å². The number of hydrogen-bond acceptors (Lipinski definition) is 7. The molecule has 184 valence electrons. The van der Waals surface area contributed by atoms with Crippen LogP contribution in [0.15, 0.2) is 24.3 Å². The van der Waals surface area contributed by atoms with Gasteiger partial charge in [0.25, 0.3) is 0 Å². The van der Waals surface area contributed by atoms with Gasteiger partial charge >= 0.3 is 5.97 Å². The topological polar surface area (TPSA) is 108 Å². The Kier molecular flexibility index (Phi) is 5.61. The molecule has 2 unspecified atom stereocenters. The molecule has 1 spiro atoms. The number of phenolic OH excluding ortho intramolecular Hbond substituents is 1. The van der Waals surface area contributed by atoms with Crippen LogP contribution in [-0.4, -0.2) is 71.0 Å². The second-order valence-electron chi connectivity index (χ2n) is 10.3. The number of esters is 1. The van der Waals surface area contributed by atoms with E-state index in [2.05, 4.69) is 15.0 Å². The number of benzene rings is 1. The summed E-state index contributed by atoms with van der Waals surface area (Å²) in [6.07, 6.45) is 6.84. The van der Waals surface area contributed by atoms with Crippen LogP contribution in [0.1, 0.15) is 43.2 Å². The SMILES string of the molecule is COC(=O)/C=C/C(=O)N[C@@H]1CC[C@@]2(O)C3Cc4ccc(O)c5c4C2(CCN3CC2CC2)[C@H]1O5.Cl. The quantitative estimate of drug-likeness (QED) is 0.425. The lowest BCUT2D eigenvalue weighted by Gasteiger charge is -2.64. The maximum Gasteiger partial charge on any atom is 0.330 e. The Morgan fingerprint density at radius 1 is 1.26 bits per heavy atom. The van der Waals surface area contributed by atoms with Crippen LogP contribution in [0.3, 0.4) is 0 Å². The van der Waals surface area contributed by atoms with Crippen LogP contribution in [0, 0.1) is 5.92 Å². The molecule has 1 saturated heterocycles. The lowest BCUT2D eigenvalue weighted by Crippen LogP contribution is -2.78. The second kappa shape index (κ2) is 8.14. The lowest BCUT2D eigenvalue weighted by atomic mass is 9.48. The van der Waals surface area contributed by atoms with Gasteiger partial charge < -0.3 is 25.0 Å². The summed E-state index contributed by atoms with van der Waals surface area (Å²) in [4.78, 5) is 26.4. The molecule has 0 aromatic heterocycles. The van der Waals surface area contributed by atoms with E-state index >= 15 is 0 Å². The van der Waals surface area contributed by atoms with Gasteiger partial charge in [-0.1, -0.05) is 6.07 Å². The number of nitrogens with zero attached hydrogens (tertiary/aromatic N) is 1. The van der Waals surface area contributed by atoms with Crippen molar-refractivity contribution >= 4 is 24.3 Å². The van der Waals surface area contributed by atoms with Crippen molar-refractivity contribution in [1.29, 1.82) is 0 Å². The van der Waals surface area contributed by atoms with Crippen molar-refractivity contribution in [3.63, 3.8) is 0 Å². The van der Waals surface area contributed by atoms with Gasteiger partial charge in [-0.15, -0.1) is 12.4 Å². The first kappa shape index (κ1) is 23.5. The largest absolute Gasteiger partial charge is 0.504 e. The molecule has 1 amide bonds. The molecule has 34 heavy (non-hydrogen) atoms. The fourth-order valence-corrected chi connectivity index (χ4v) is 7.07. The molecule has 3 aliphatic carbocycles. The maximum atomic E-state index is 12.6. The Morgan fingerprint density at radius 2 is 2.06 bits per heavy atom. The summed E-state index contributed by atoms with van der Waals surface area (Å²) in [5, 5.41) is 26.0. The van der Waals surface area contributed by atoms with E-state index in [1.165, 1.54) is 20.0 Å². The standard InChI is InChI=1S/C25H30N2O6.ClH/c1-32-20(30)7-6-19(29)26-16-8-9-25(31)18-12-15-4-5-17(28)22-21(15)24(25,23(16)33-22)10-11-27(18)13-14-2-3-14;/h4-7,14,16,18,23,28,31H,2-3,8-13H2,1H3,(H,26,29);1H/b7-6+;/t16-,18?,23+,24?,25-;/m1./s1. The van der Waals surface area contributed by atoms with Gasteiger partial charge in [-0.2, -0.15) is 0 Å². The van der Waals surface area contributed by atoms with Crippen molar-refractivity contribution in [2.24, 2.45) is 5.92 Å².